The monoisotopic (exact) mass is 297 g/mol. The Morgan fingerprint density at radius 2 is 1.45 bits per heavy atom. The minimum Gasteiger partial charge on any atom is -0.465 e. The van der Waals surface area contributed by atoms with E-state index in [0.717, 1.165) is 36.8 Å². The lowest BCUT2D eigenvalue weighted by Gasteiger charge is -2.35. The first-order valence-corrected chi connectivity index (χ1v) is 7.81. The molecule has 22 heavy (non-hydrogen) atoms. The van der Waals surface area contributed by atoms with Crippen LogP contribution >= 0.6 is 0 Å². The number of rotatable bonds is 7. The number of unbranched alkanes of at least 4 members (excludes halogenated alkanes) is 2. The van der Waals surface area contributed by atoms with Crippen molar-refractivity contribution in [3.8, 4) is 0 Å². The first kappa shape index (κ1) is 16.1. The third-order valence-electron chi connectivity index (χ3n) is 4.01. The van der Waals surface area contributed by atoms with Gasteiger partial charge in [-0.1, -0.05) is 86.8 Å². The Balaban J connectivity index is 2.50. The van der Waals surface area contributed by atoms with Crippen molar-refractivity contribution in [1.29, 1.82) is 0 Å². The Morgan fingerprint density at radius 3 is 1.86 bits per heavy atom. The Kier molecular flexibility index (Phi) is 5.59. The fraction of sp³-hybridized carbons (Fsp3) is 0.316. The fourth-order valence-electron chi connectivity index (χ4n) is 2.93. The van der Waals surface area contributed by atoms with E-state index in [1.165, 1.54) is 0 Å². The van der Waals surface area contributed by atoms with Gasteiger partial charge in [-0.15, -0.1) is 0 Å². The Morgan fingerprint density at radius 1 is 0.955 bits per heavy atom. The second-order valence-electron chi connectivity index (χ2n) is 5.52. The van der Waals surface area contributed by atoms with Crippen molar-refractivity contribution in [3.63, 3.8) is 0 Å². The zero-order valence-electron chi connectivity index (χ0n) is 13.0. The van der Waals surface area contributed by atoms with Gasteiger partial charge < -0.3 is 10.4 Å². The summed E-state index contributed by atoms with van der Waals surface area (Å²) in [5, 5.41) is 12.2. The molecule has 0 bridgehead atoms. The first-order valence-electron chi connectivity index (χ1n) is 7.81. The van der Waals surface area contributed by atoms with Crippen LogP contribution in [0.4, 0.5) is 4.79 Å². The van der Waals surface area contributed by atoms with E-state index in [1.54, 1.807) is 0 Å². The van der Waals surface area contributed by atoms with Crippen molar-refractivity contribution in [2.75, 3.05) is 0 Å². The van der Waals surface area contributed by atoms with Crippen molar-refractivity contribution in [3.05, 3.63) is 71.8 Å². The highest BCUT2D eigenvalue weighted by atomic mass is 16.4. The summed E-state index contributed by atoms with van der Waals surface area (Å²) in [7, 11) is 0. The van der Waals surface area contributed by atoms with Gasteiger partial charge in [0.2, 0.25) is 0 Å². The molecule has 0 saturated carbocycles. The first-order chi connectivity index (χ1) is 10.7. The van der Waals surface area contributed by atoms with Crippen LogP contribution in [-0.2, 0) is 5.54 Å². The molecule has 0 radical (unpaired) electrons. The molecule has 2 N–H and O–H groups in total. The lowest BCUT2D eigenvalue weighted by atomic mass is 9.78. The highest BCUT2D eigenvalue weighted by molar-refractivity contribution is 5.67. The summed E-state index contributed by atoms with van der Waals surface area (Å²) in [6, 6.07) is 19.7. The molecule has 0 saturated heterocycles. The van der Waals surface area contributed by atoms with Gasteiger partial charge in [-0.05, 0) is 17.5 Å². The summed E-state index contributed by atoms with van der Waals surface area (Å²) < 4.78 is 0. The van der Waals surface area contributed by atoms with Crippen LogP contribution < -0.4 is 5.32 Å². The van der Waals surface area contributed by atoms with Crippen LogP contribution in [-0.4, -0.2) is 11.2 Å². The summed E-state index contributed by atoms with van der Waals surface area (Å²) >= 11 is 0. The highest BCUT2D eigenvalue weighted by Gasteiger charge is 2.35. The summed E-state index contributed by atoms with van der Waals surface area (Å²) in [6.45, 7) is 2.15. The molecule has 0 atom stereocenters. The molecular formula is C19H23NO2. The summed E-state index contributed by atoms with van der Waals surface area (Å²) in [5.41, 5.74) is 1.28. The zero-order chi connectivity index (χ0) is 15.8. The summed E-state index contributed by atoms with van der Waals surface area (Å²) in [6.07, 6.45) is 2.92. The maximum Gasteiger partial charge on any atom is 0.405 e. The number of amides is 1. The predicted molar refractivity (Wildman–Crippen MR) is 89.0 cm³/mol. The minimum atomic E-state index is -0.996. The molecule has 0 heterocycles. The maximum absolute atomic E-state index is 11.5. The number of carboxylic acid groups (broad SMARTS) is 1. The van der Waals surface area contributed by atoms with E-state index < -0.39 is 11.6 Å². The van der Waals surface area contributed by atoms with Crippen LogP contribution in [0.5, 0.6) is 0 Å². The van der Waals surface area contributed by atoms with Crippen LogP contribution in [0.2, 0.25) is 0 Å². The summed E-state index contributed by atoms with van der Waals surface area (Å²) in [5.74, 6) is 0. The molecule has 0 aliphatic carbocycles. The van der Waals surface area contributed by atoms with Gasteiger partial charge in [0.1, 0.15) is 0 Å². The number of nitrogens with one attached hydrogen (secondary N) is 1. The van der Waals surface area contributed by atoms with Crippen LogP contribution in [0.15, 0.2) is 60.7 Å². The van der Waals surface area contributed by atoms with Crippen molar-refractivity contribution in [1.82, 2.24) is 5.32 Å². The standard InChI is InChI=1S/C19H23NO2/c1-2-3-10-15-19(20-18(21)22,16-11-6-4-7-12-16)17-13-8-5-9-14-17/h4-9,11-14,20H,2-3,10,15H2,1H3,(H,21,22). The largest absolute Gasteiger partial charge is 0.465 e. The van der Waals surface area contributed by atoms with E-state index in [9.17, 15) is 9.90 Å². The van der Waals surface area contributed by atoms with E-state index in [-0.39, 0.29) is 0 Å². The SMILES string of the molecule is CCCCCC(NC(=O)O)(c1ccccc1)c1ccccc1. The van der Waals surface area contributed by atoms with Crippen LogP contribution in [0, 0.1) is 0 Å². The number of carbonyl (C=O) groups is 1. The molecule has 0 aliphatic rings. The summed E-state index contributed by atoms with van der Waals surface area (Å²) in [4.78, 5) is 11.5. The Hall–Kier alpha value is -2.29. The smallest absolute Gasteiger partial charge is 0.405 e. The average Bonchev–Trinajstić information content (AvgIpc) is 2.55. The van der Waals surface area contributed by atoms with Crippen LogP contribution in [0.1, 0.15) is 43.7 Å². The van der Waals surface area contributed by atoms with Gasteiger partial charge in [-0.25, -0.2) is 4.79 Å². The van der Waals surface area contributed by atoms with E-state index in [0.29, 0.717) is 0 Å². The van der Waals surface area contributed by atoms with Crippen LogP contribution in [0.25, 0.3) is 0 Å². The zero-order valence-corrected chi connectivity index (χ0v) is 13.0. The number of benzene rings is 2. The molecule has 2 rings (SSSR count). The lowest BCUT2D eigenvalue weighted by Crippen LogP contribution is -2.46. The van der Waals surface area contributed by atoms with Crippen LogP contribution in [0.3, 0.4) is 0 Å². The molecule has 0 fully saturated rings. The van der Waals surface area contributed by atoms with Crippen molar-refractivity contribution in [2.45, 2.75) is 38.1 Å². The predicted octanol–water partition coefficient (Wildman–Crippen LogP) is 4.78. The minimum absolute atomic E-state index is 0.691. The van der Waals surface area contributed by atoms with Gasteiger partial charge in [0.05, 0.1) is 5.54 Å². The molecule has 2 aromatic carbocycles. The molecule has 3 nitrogen and oxygen atoms in total. The molecule has 0 unspecified atom stereocenters. The van der Waals surface area contributed by atoms with E-state index in [4.69, 9.17) is 0 Å². The van der Waals surface area contributed by atoms with Gasteiger partial charge in [0.15, 0.2) is 0 Å². The maximum atomic E-state index is 11.5. The van der Waals surface area contributed by atoms with Gasteiger partial charge in [0.25, 0.3) is 0 Å². The van der Waals surface area contributed by atoms with E-state index >= 15 is 0 Å². The Bertz CT molecular complexity index is 541. The molecule has 0 aliphatic heterocycles. The Labute approximate surface area is 132 Å². The third-order valence-corrected chi connectivity index (χ3v) is 4.01. The van der Waals surface area contributed by atoms with Gasteiger partial charge in [0, 0.05) is 0 Å². The topological polar surface area (TPSA) is 49.3 Å². The number of hydrogen-bond donors (Lipinski definition) is 2. The lowest BCUT2D eigenvalue weighted by molar-refractivity contribution is 0.180. The second-order valence-corrected chi connectivity index (χ2v) is 5.52. The van der Waals surface area contributed by atoms with Crippen molar-refractivity contribution < 1.29 is 9.90 Å². The quantitative estimate of drug-likeness (QED) is 0.723. The van der Waals surface area contributed by atoms with Gasteiger partial charge in [-0.2, -0.15) is 0 Å². The van der Waals surface area contributed by atoms with E-state index in [2.05, 4.69) is 12.2 Å². The molecular weight excluding hydrogens is 274 g/mol. The molecule has 1 amide bonds. The molecule has 116 valence electrons. The van der Waals surface area contributed by atoms with Gasteiger partial charge in [-0.3, -0.25) is 0 Å². The molecule has 3 heteroatoms. The van der Waals surface area contributed by atoms with Crippen molar-refractivity contribution in [2.24, 2.45) is 0 Å². The fourth-order valence-corrected chi connectivity index (χ4v) is 2.93. The second kappa shape index (κ2) is 7.64. The highest BCUT2D eigenvalue weighted by Crippen LogP contribution is 2.34. The normalized spacial score (nSPS) is 11.1. The van der Waals surface area contributed by atoms with E-state index in [1.807, 2.05) is 60.7 Å². The molecule has 0 aromatic heterocycles. The molecule has 2 aromatic rings. The average molecular weight is 297 g/mol. The number of hydrogen-bond acceptors (Lipinski definition) is 1. The van der Waals surface area contributed by atoms with Gasteiger partial charge >= 0.3 is 6.09 Å². The third kappa shape index (κ3) is 3.67. The van der Waals surface area contributed by atoms with Crippen molar-refractivity contribution >= 4 is 6.09 Å². The molecule has 0 spiro atoms.